The third-order valence-corrected chi connectivity index (χ3v) is 5.19. The summed E-state index contributed by atoms with van der Waals surface area (Å²) in [7, 11) is -5.60. The van der Waals surface area contributed by atoms with Crippen LogP contribution in [0.2, 0.25) is 0 Å². The first-order valence-electron chi connectivity index (χ1n) is 6.79. The molecule has 0 fully saturated rings. The first kappa shape index (κ1) is 18.4. The van der Waals surface area contributed by atoms with Crippen molar-refractivity contribution >= 4 is 14.7 Å². The quantitative estimate of drug-likeness (QED) is 0.448. The first-order chi connectivity index (χ1) is 8.21. The predicted octanol–water partition coefficient (Wildman–Crippen LogP) is 3.91. The Balaban J connectivity index is 3.17. The predicted molar refractivity (Wildman–Crippen MR) is 78.2 cm³/mol. The van der Waals surface area contributed by atoms with Crippen molar-refractivity contribution in [1.29, 1.82) is 0 Å². The fraction of sp³-hybridized carbons (Fsp3) is 1.00. The van der Waals surface area contributed by atoms with Crippen LogP contribution in [0.3, 0.4) is 0 Å². The van der Waals surface area contributed by atoms with E-state index in [1.165, 1.54) is 13.3 Å². The van der Waals surface area contributed by atoms with Gasteiger partial charge in [0.05, 0.1) is 0 Å². The second-order valence-corrected chi connectivity index (χ2v) is 10.5. The highest BCUT2D eigenvalue weighted by Crippen LogP contribution is 2.37. The van der Waals surface area contributed by atoms with Crippen LogP contribution in [-0.2, 0) is 9.13 Å². The second-order valence-electron chi connectivity index (χ2n) is 5.38. The summed E-state index contributed by atoms with van der Waals surface area (Å²) in [6, 6.07) is 0. The number of rotatable bonds is 11. The number of hydrogen-bond acceptors (Lipinski definition) is 2. The van der Waals surface area contributed by atoms with Crippen LogP contribution in [0.25, 0.3) is 0 Å². The van der Waals surface area contributed by atoms with Crippen LogP contribution in [0.4, 0.5) is 0 Å². The minimum Gasteiger partial charge on any atom is -0.344 e. The van der Waals surface area contributed by atoms with Crippen molar-refractivity contribution in [1.82, 2.24) is 0 Å². The fourth-order valence-corrected chi connectivity index (χ4v) is 3.49. The lowest BCUT2D eigenvalue weighted by Gasteiger charge is -2.06. The molecule has 2 unspecified atom stereocenters. The van der Waals surface area contributed by atoms with E-state index >= 15 is 0 Å². The zero-order valence-corrected chi connectivity index (χ0v) is 13.5. The van der Waals surface area contributed by atoms with Gasteiger partial charge in [-0.15, -0.1) is 0 Å². The maximum absolute atomic E-state index is 11.0. The Morgan fingerprint density at radius 2 is 0.833 bits per heavy atom. The van der Waals surface area contributed by atoms with Crippen molar-refractivity contribution in [3.63, 3.8) is 0 Å². The molecule has 4 nitrogen and oxygen atoms in total. The highest BCUT2D eigenvalue weighted by Gasteiger charge is 2.08. The monoisotopic (exact) mass is 298 g/mol. The molecule has 6 heteroatoms. The molecule has 0 aliphatic carbocycles. The van der Waals surface area contributed by atoms with Gasteiger partial charge in [0.25, 0.3) is 0 Å². The third kappa shape index (κ3) is 16.4. The molecule has 0 amide bonds. The van der Waals surface area contributed by atoms with Crippen LogP contribution in [0.15, 0.2) is 0 Å². The van der Waals surface area contributed by atoms with Gasteiger partial charge in [-0.2, -0.15) is 0 Å². The highest BCUT2D eigenvalue weighted by atomic mass is 31.2. The first-order valence-corrected chi connectivity index (χ1v) is 11.4. The van der Waals surface area contributed by atoms with Crippen LogP contribution in [0, 0.1) is 0 Å². The Morgan fingerprint density at radius 3 is 1.06 bits per heavy atom. The topological polar surface area (TPSA) is 74.6 Å². The zero-order valence-electron chi connectivity index (χ0n) is 11.7. The molecule has 0 spiro atoms. The van der Waals surface area contributed by atoms with Crippen LogP contribution in [0.1, 0.15) is 51.4 Å². The molecule has 0 aromatic rings. The van der Waals surface area contributed by atoms with Gasteiger partial charge in [0.15, 0.2) is 14.7 Å². The van der Waals surface area contributed by atoms with Crippen molar-refractivity contribution < 1.29 is 18.9 Å². The molecule has 18 heavy (non-hydrogen) atoms. The molecule has 0 aromatic carbocycles. The van der Waals surface area contributed by atoms with Gasteiger partial charge in [-0.05, 0) is 12.8 Å². The summed E-state index contributed by atoms with van der Waals surface area (Å²) in [5.41, 5.74) is 0. The summed E-state index contributed by atoms with van der Waals surface area (Å²) in [5, 5.41) is 0. The van der Waals surface area contributed by atoms with Crippen molar-refractivity contribution in [2.45, 2.75) is 51.4 Å². The Hall–Kier alpha value is 0.380. The molecule has 0 radical (unpaired) electrons. The Bertz CT molecular complexity index is 262. The fourth-order valence-electron chi connectivity index (χ4n) is 1.87. The highest BCUT2D eigenvalue weighted by molar-refractivity contribution is 7.57. The van der Waals surface area contributed by atoms with Crippen molar-refractivity contribution in [3.8, 4) is 0 Å². The SMILES string of the molecule is CP(=O)(O)CCCCCCCCCCP(C)(=O)O. The largest absolute Gasteiger partial charge is 0.344 e. The molecule has 0 aromatic heterocycles. The maximum atomic E-state index is 11.0. The zero-order chi connectivity index (χ0) is 14.1. The average molecular weight is 298 g/mol. The van der Waals surface area contributed by atoms with E-state index in [-0.39, 0.29) is 0 Å². The molecule has 0 saturated carbocycles. The molecule has 110 valence electrons. The van der Waals surface area contributed by atoms with E-state index in [0.717, 1.165) is 51.4 Å². The normalized spacial score (nSPS) is 18.2. The molecule has 0 aliphatic rings. The molecule has 0 saturated heterocycles. The van der Waals surface area contributed by atoms with Crippen molar-refractivity contribution in [2.75, 3.05) is 25.7 Å². The Kier molecular flexibility index (Phi) is 9.51. The summed E-state index contributed by atoms with van der Waals surface area (Å²) >= 11 is 0. The van der Waals surface area contributed by atoms with Gasteiger partial charge in [-0.1, -0.05) is 38.5 Å². The summed E-state index contributed by atoms with van der Waals surface area (Å²) in [6.07, 6.45) is 9.16. The molecular weight excluding hydrogens is 270 g/mol. The van der Waals surface area contributed by atoms with Gasteiger partial charge >= 0.3 is 0 Å². The van der Waals surface area contributed by atoms with Gasteiger partial charge in [0, 0.05) is 25.7 Å². The standard InChI is InChI=1S/C12H28O4P2/c1-17(13,14)11-9-7-5-3-4-6-8-10-12-18(2,15)16/h3-12H2,1-2H3,(H,13,14)(H,15,16). The van der Waals surface area contributed by atoms with Crippen LogP contribution < -0.4 is 0 Å². The van der Waals surface area contributed by atoms with Gasteiger partial charge < -0.3 is 9.79 Å². The van der Waals surface area contributed by atoms with E-state index < -0.39 is 14.7 Å². The second kappa shape index (κ2) is 9.31. The minimum absolute atomic E-state index is 0.440. The van der Waals surface area contributed by atoms with Gasteiger partial charge in [0.1, 0.15) is 0 Å². The summed E-state index contributed by atoms with van der Waals surface area (Å²) < 4.78 is 22.0. The van der Waals surface area contributed by atoms with E-state index in [4.69, 9.17) is 9.79 Å². The van der Waals surface area contributed by atoms with E-state index in [1.54, 1.807) is 0 Å². The molecule has 2 atom stereocenters. The van der Waals surface area contributed by atoms with Gasteiger partial charge in [-0.3, -0.25) is 9.13 Å². The molecule has 0 aliphatic heterocycles. The minimum atomic E-state index is -2.80. The van der Waals surface area contributed by atoms with Crippen LogP contribution >= 0.6 is 14.7 Å². The van der Waals surface area contributed by atoms with Crippen molar-refractivity contribution in [3.05, 3.63) is 0 Å². The van der Waals surface area contributed by atoms with E-state index in [1.807, 2.05) is 0 Å². The van der Waals surface area contributed by atoms with E-state index in [0.29, 0.717) is 12.3 Å². The molecule has 0 rings (SSSR count). The lowest BCUT2D eigenvalue weighted by atomic mass is 10.1. The van der Waals surface area contributed by atoms with Gasteiger partial charge in [-0.25, -0.2) is 0 Å². The summed E-state index contributed by atoms with van der Waals surface area (Å²) in [4.78, 5) is 18.2. The lowest BCUT2D eigenvalue weighted by molar-refractivity contribution is 0.477. The van der Waals surface area contributed by atoms with Crippen molar-refractivity contribution in [2.24, 2.45) is 0 Å². The van der Waals surface area contributed by atoms with Crippen LogP contribution in [0.5, 0.6) is 0 Å². The molecular formula is C12H28O4P2. The number of unbranched alkanes of at least 4 members (excludes halogenated alkanes) is 7. The molecule has 0 bridgehead atoms. The molecule has 0 heterocycles. The smallest absolute Gasteiger partial charge is 0.197 e. The Morgan fingerprint density at radius 1 is 0.611 bits per heavy atom. The third-order valence-electron chi connectivity index (χ3n) is 2.90. The maximum Gasteiger partial charge on any atom is 0.197 e. The number of hydrogen-bond donors (Lipinski definition) is 2. The average Bonchev–Trinajstić information content (AvgIpc) is 2.17. The summed E-state index contributed by atoms with van der Waals surface area (Å²) in [5.74, 6) is 0. The van der Waals surface area contributed by atoms with E-state index in [9.17, 15) is 9.13 Å². The lowest BCUT2D eigenvalue weighted by Crippen LogP contribution is -1.89. The van der Waals surface area contributed by atoms with Crippen LogP contribution in [-0.4, -0.2) is 35.4 Å². The van der Waals surface area contributed by atoms with E-state index in [2.05, 4.69) is 0 Å². The summed E-state index contributed by atoms with van der Waals surface area (Å²) in [6.45, 7) is 2.83. The Labute approximate surface area is 111 Å². The molecule has 2 N–H and O–H groups in total. The van der Waals surface area contributed by atoms with Gasteiger partial charge in [0.2, 0.25) is 0 Å².